The Morgan fingerprint density at radius 1 is 0.262 bits per heavy atom. The van der Waals surface area contributed by atoms with E-state index in [1.54, 1.807) is 0 Å². The van der Waals surface area contributed by atoms with Gasteiger partial charge in [-0.15, -0.1) is 0 Å². The van der Waals surface area contributed by atoms with Crippen LogP contribution in [0.4, 0.5) is 34.1 Å². The van der Waals surface area contributed by atoms with Gasteiger partial charge in [0.15, 0.2) is 0 Å². The Kier molecular flexibility index (Phi) is 11.3. The maximum atomic E-state index is 2.43. The van der Waals surface area contributed by atoms with Crippen molar-refractivity contribution in [2.45, 2.75) is 38.5 Å². The van der Waals surface area contributed by atoms with E-state index in [2.05, 4.69) is 329 Å². The van der Waals surface area contributed by atoms with Crippen molar-refractivity contribution >= 4 is 112 Å². The third-order valence-electron chi connectivity index (χ3n) is 18.6. The first-order valence-electron chi connectivity index (χ1n) is 29.5. The topological polar surface area (TPSA) is 6.48 Å². The Hall–Kier alpha value is -10.3. The molecule has 16 rings (SSSR count). The van der Waals surface area contributed by atoms with Crippen molar-refractivity contribution in [3.63, 3.8) is 0 Å². The molecule has 2 aliphatic carbocycles. The lowest BCUT2D eigenvalue weighted by Gasteiger charge is -2.29. The summed E-state index contributed by atoms with van der Waals surface area (Å²) in [5, 5.41) is 12.6. The summed E-state index contributed by atoms with van der Waals surface area (Å²) in [7, 11) is 0. The number of rotatable bonds is 10. The number of hydrogen-bond acceptors (Lipinski definition) is 2. The van der Waals surface area contributed by atoms with Gasteiger partial charge in [-0.05, 0) is 171 Å². The normalized spacial score (nSPS) is 13.8. The molecule has 0 unspecified atom stereocenters. The highest BCUT2D eigenvalue weighted by atomic mass is 15.1. The Morgan fingerprint density at radius 3 is 1.07 bits per heavy atom. The highest BCUT2D eigenvalue weighted by molar-refractivity contribution is 6.25. The fourth-order valence-electron chi connectivity index (χ4n) is 14.3. The minimum absolute atomic E-state index is 0.205. The number of hydrogen-bond donors (Lipinski definition) is 0. The SMILES string of the molecule is CC1(C)c2cc(C=Cc3ccc4ccc5c(C=Cc6ccc7c(c6)C(C)(C)c6cc(N(c8ccccc8)c8cccc9ccccc89)ccc6-7)ccc6ccc3c4c65)ccc2-c2ccc(N(c3ccccc3)c3cccc4ccccc34)cc21. The van der Waals surface area contributed by atoms with E-state index in [4.69, 9.17) is 0 Å². The molecule has 0 spiro atoms. The first kappa shape index (κ1) is 49.5. The zero-order chi connectivity index (χ0) is 56.3. The number of nitrogens with zero attached hydrogens (tertiary/aromatic N) is 2. The molecule has 2 aliphatic rings. The van der Waals surface area contributed by atoms with Crippen molar-refractivity contribution in [1.82, 2.24) is 0 Å². The second-order valence-corrected chi connectivity index (χ2v) is 24.1. The summed E-state index contributed by atoms with van der Waals surface area (Å²) in [6, 6.07) is 98.9. The van der Waals surface area contributed by atoms with Crippen LogP contribution < -0.4 is 9.80 Å². The molecule has 0 amide bonds. The van der Waals surface area contributed by atoms with Crippen LogP contribution >= 0.6 is 0 Å². The molecular weight excluding hydrogens is 1010 g/mol. The van der Waals surface area contributed by atoms with E-state index in [0.29, 0.717) is 0 Å². The molecule has 0 bridgehead atoms. The van der Waals surface area contributed by atoms with Crippen LogP contribution in [0.25, 0.3) is 100 Å². The predicted octanol–water partition coefficient (Wildman–Crippen LogP) is 22.8. The Balaban J connectivity index is 0.694. The van der Waals surface area contributed by atoms with Gasteiger partial charge in [0.1, 0.15) is 0 Å². The molecule has 0 fully saturated rings. The van der Waals surface area contributed by atoms with E-state index in [1.807, 2.05) is 0 Å². The molecule has 14 aromatic rings. The van der Waals surface area contributed by atoms with Gasteiger partial charge in [0, 0.05) is 44.4 Å². The van der Waals surface area contributed by atoms with E-state index in [0.717, 1.165) is 22.7 Å². The predicted molar refractivity (Wildman–Crippen MR) is 360 cm³/mol. The fourth-order valence-corrected chi connectivity index (χ4v) is 14.3. The zero-order valence-electron chi connectivity index (χ0n) is 47.6. The lowest BCUT2D eigenvalue weighted by Crippen LogP contribution is -2.16. The molecule has 0 atom stereocenters. The molecule has 0 heterocycles. The van der Waals surface area contributed by atoms with Gasteiger partial charge < -0.3 is 9.80 Å². The Bertz CT molecular complexity index is 4690. The lowest BCUT2D eigenvalue weighted by molar-refractivity contribution is 0.660. The van der Waals surface area contributed by atoms with Crippen LogP contribution in [0, 0.1) is 0 Å². The van der Waals surface area contributed by atoms with Crippen molar-refractivity contribution < 1.29 is 0 Å². The molecule has 0 radical (unpaired) electrons. The molecule has 398 valence electrons. The van der Waals surface area contributed by atoms with Crippen molar-refractivity contribution in [1.29, 1.82) is 0 Å². The van der Waals surface area contributed by atoms with Gasteiger partial charge in [0.2, 0.25) is 0 Å². The summed E-state index contributed by atoms with van der Waals surface area (Å²) in [5.74, 6) is 0. The average Bonchev–Trinajstić information content (AvgIpc) is 1.68. The third-order valence-corrected chi connectivity index (χ3v) is 18.6. The van der Waals surface area contributed by atoms with Crippen LogP contribution in [0.1, 0.15) is 72.2 Å². The minimum Gasteiger partial charge on any atom is -0.310 e. The second kappa shape index (κ2) is 19.2. The Labute approximate surface area is 491 Å². The maximum Gasteiger partial charge on any atom is 0.0540 e. The van der Waals surface area contributed by atoms with Crippen molar-refractivity contribution in [2.75, 3.05) is 9.80 Å². The first-order valence-corrected chi connectivity index (χ1v) is 29.5. The van der Waals surface area contributed by atoms with Gasteiger partial charge in [0.25, 0.3) is 0 Å². The highest BCUT2D eigenvalue weighted by Crippen LogP contribution is 2.54. The molecule has 2 heteroatoms. The van der Waals surface area contributed by atoms with Gasteiger partial charge in [-0.1, -0.05) is 258 Å². The average molecular weight is 1070 g/mol. The van der Waals surface area contributed by atoms with Crippen LogP contribution in [0.3, 0.4) is 0 Å². The van der Waals surface area contributed by atoms with Crippen LogP contribution in [-0.4, -0.2) is 0 Å². The smallest absolute Gasteiger partial charge is 0.0540 e. The maximum absolute atomic E-state index is 2.43. The minimum atomic E-state index is -0.205. The van der Waals surface area contributed by atoms with E-state index in [1.165, 1.54) is 132 Å². The lowest BCUT2D eigenvalue weighted by atomic mass is 9.81. The highest BCUT2D eigenvalue weighted by Gasteiger charge is 2.38. The van der Waals surface area contributed by atoms with Crippen LogP contribution in [0.15, 0.2) is 267 Å². The largest absolute Gasteiger partial charge is 0.310 e. The molecule has 0 saturated heterocycles. The fraction of sp³-hybridized carbons (Fsp3) is 0.0732. The molecule has 0 aromatic heterocycles. The molecule has 84 heavy (non-hydrogen) atoms. The molecule has 2 nitrogen and oxygen atoms in total. The van der Waals surface area contributed by atoms with Crippen LogP contribution in [0.5, 0.6) is 0 Å². The van der Waals surface area contributed by atoms with Crippen molar-refractivity contribution in [2.24, 2.45) is 0 Å². The first-order chi connectivity index (χ1) is 41.2. The standard InChI is InChI=1S/C82H60N2/c1-81(2)73-49-53(31-43-69(73)71-47-41-63(51-75(71)81)83(61-21-7-5-8-22-61)77-27-15-19-55-17-11-13-25-65(55)77)29-33-57-35-37-59-40-46-68-58(36-38-60-39-45-67(57)79(59)80(60)68)34-30-54-32-44-70-72-48-42-64(52-76(72)82(3,4)74(70)50-54)84(62-23-9-6-10-24-62)78-28-16-20-56-18-12-14-26-66(56)78/h5-52H,1-4H3. The van der Waals surface area contributed by atoms with E-state index in [-0.39, 0.29) is 10.8 Å². The number of benzene rings is 14. The Morgan fingerprint density at radius 2 is 0.631 bits per heavy atom. The van der Waals surface area contributed by atoms with E-state index >= 15 is 0 Å². The summed E-state index contributed by atoms with van der Waals surface area (Å²) < 4.78 is 0. The number of anilines is 6. The number of fused-ring (bicyclic) bond motifs is 8. The van der Waals surface area contributed by atoms with Gasteiger partial charge in [0.05, 0.1) is 11.4 Å². The summed E-state index contributed by atoms with van der Waals surface area (Å²) in [4.78, 5) is 4.84. The van der Waals surface area contributed by atoms with Gasteiger partial charge >= 0.3 is 0 Å². The molecule has 0 N–H and O–H groups in total. The molecule has 0 aliphatic heterocycles. The summed E-state index contributed by atoms with van der Waals surface area (Å²) >= 11 is 0. The van der Waals surface area contributed by atoms with E-state index < -0.39 is 0 Å². The summed E-state index contributed by atoms with van der Waals surface area (Å²) in [5.41, 5.74) is 22.0. The second-order valence-electron chi connectivity index (χ2n) is 24.1. The molecular formula is C82H60N2. The van der Waals surface area contributed by atoms with Crippen LogP contribution in [0.2, 0.25) is 0 Å². The van der Waals surface area contributed by atoms with Gasteiger partial charge in [-0.2, -0.15) is 0 Å². The monoisotopic (exact) mass is 1070 g/mol. The van der Waals surface area contributed by atoms with Crippen molar-refractivity contribution in [3.05, 3.63) is 311 Å². The molecule has 0 saturated carbocycles. The third kappa shape index (κ3) is 7.85. The molecule has 14 aromatic carbocycles. The summed E-state index contributed by atoms with van der Waals surface area (Å²) in [6.07, 6.45) is 9.26. The zero-order valence-corrected chi connectivity index (χ0v) is 47.6. The van der Waals surface area contributed by atoms with Gasteiger partial charge in [-0.3, -0.25) is 0 Å². The van der Waals surface area contributed by atoms with Crippen molar-refractivity contribution in [3.8, 4) is 22.3 Å². The summed E-state index contributed by atoms with van der Waals surface area (Å²) in [6.45, 7) is 9.55. The van der Waals surface area contributed by atoms with Gasteiger partial charge in [-0.25, -0.2) is 0 Å². The quantitative estimate of drug-likeness (QED) is 0.0995. The van der Waals surface area contributed by atoms with Crippen LogP contribution in [-0.2, 0) is 10.8 Å². The number of para-hydroxylation sites is 2. The van der Waals surface area contributed by atoms with E-state index in [9.17, 15) is 0 Å².